The third-order valence-corrected chi connectivity index (χ3v) is 4.85. The van der Waals surface area contributed by atoms with E-state index in [1.54, 1.807) is 18.2 Å². The minimum atomic E-state index is -2.83. The van der Waals surface area contributed by atoms with Crippen LogP contribution in [0.15, 0.2) is 24.5 Å². The molecule has 12 heteroatoms. The van der Waals surface area contributed by atoms with Crippen LogP contribution in [-0.2, 0) is 17.9 Å². The maximum absolute atomic E-state index is 12.8. The van der Waals surface area contributed by atoms with E-state index in [0.717, 1.165) is 10.2 Å². The zero-order chi connectivity index (χ0) is 20.4. The third-order valence-electron chi connectivity index (χ3n) is 3.79. The third kappa shape index (κ3) is 4.60. The Hall–Kier alpha value is -2.23. The van der Waals surface area contributed by atoms with Crippen molar-refractivity contribution in [1.29, 1.82) is 0 Å². The van der Waals surface area contributed by atoms with Crippen LogP contribution in [0.2, 0.25) is 15.1 Å². The van der Waals surface area contributed by atoms with E-state index >= 15 is 0 Å². The van der Waals surface area contributed by atoms with Gasteiger partial charge in [-0.25, -0.2) is 18.4 Å². The Kier molecular flexibility index (Phi) is 6.17. The number of nitrogens with one attached hydrogen (secondary N) is 1. The second-order valence-electron chi connectivity index (χ2n) is 5.79. The van der Waals surface area contributed by atoms with Gasteiger partial charge in [-0.1, -0.05) is 40.9 Å². The average Bonchev–Trinajstić information content (AvgIpc) is 3.16. The number of rotatable bonds is 6. The summed E-state index contributed by atoms with van der Waals surface area (Å²) in [4.78, 5) is 16.1. The number of hydrogen-bond acceptors (Lipinski definition) is 4. The van der Waals surface area contributed by atoms with E-state index in [9.17, 15) is 13.6 Å². The van der Waals surface area contributed by atoms with E-state index in [0.29, 0.717) is 16.6 Å². The Morgan fingerprint density at radius 1 is 1.25 bits per heavy atom. The second-order valence-corrected chi connectivity index (χ2v) is 7.01. The van der Waals surface area contributed by atoms with Gasteiger partial charge in [-0.3, -0.25) is 14.8 Å². The van der Waals surface area contributed by atoms with Gasteiger partial charge in [0.2, 0.25) is 11.9 Å². The number of hydrogen-bond donors (Lipinski definition) is 1. The Balaban J connectivity index is 1.65. The summed E-state index contributed by atoms with van der Waals surface area (Å²) in [7, 11) is 0. The highest BCUT2D eigenvalue weighted by Crippen LogP contribution is 2.28. The van der Waals surface area contributed by atoms with Crippen molar-refractivity contribution in [1.82, 2.24) is 24.5 Å². The lowest BCUT2D eigenvalue weighted by molar-refractivity contribution is -0.117. The largest absolute Gasteiger partial charge is 0.292 e. The van der Waals surface area contributed by atoms with Crippen LogP contribution in [0.3, 0.4) is 0 Å². The van der Waals surface area contributed by atoms with Crippen molar-refractivity contribution in [2.24, 2.45) is 0 Å². The first-order valence-electron chi connectivity index (χ1n) is 7.88. The predicted octanol–water partition coefficient (Wildman–Crippen LogP) is 4.37. The van der Waals surface area contributed by atoms with Crippen molar-refractivity contribution in [2.45, 2.75) is 26.4 Å². The van der Waals surface area contributed by atoms with Gasteiger partial charge in [0.15, 0.2) is 0 Å². The summed E-state index contributed by atoms with van der Waals surface area (Å²) in [6, 6.07) is 5.08. The maximum atomic E-state index is 12.8. The van der Waals surface area contributed by atoms with E-state index in [1.807, 2.05) is 0 Å². The number of aromatic nitrogens is 5. The van der Waals surface area contributed by atoms with E-state index in [1.165, 1.54) is 17.9 Å². The molecule has 1 amide bonds. The van der Waals surface area contributed by atoms with Gasteiger partial charge >= 0.3 is 0 Å². The highest BCUT2D eigenvalue weighted by molar-refractivity contribution is 6.35. The summed E-state index contributed by atoms with van der Waals surface area (Å²) in [5.41, 5.74) is 0.479. The molecule has 0 saturated carbocycles. The molecule has 0 aliphatic carbocycles. The number of nitrogens with zero attached hydrogens (tertiary/aromatic N) is 5. The summed E-state index contributed by atoms with van der Waals surface area (Å²) in [6.45, 7) is 1.51. The highest BCUT2D eigenvalue weighted by atomic mass is 35.5. The van der Waals surface area contributed by atoms with Crippen LogP contribution in [0.1, 0.15) is 23.4 Å². The molecule has 1 N–H and O–H groups in total. The summed E-state index contributed by atoms with van der Waals surface area (Å²) in [5, 5.41) is 11.1. The lowest BCUT2D eigenvalue weighted by atomic mass is 10.2. The van der Waals surface area contributed by atoms with Crippen LogP contribution < -0.4 is 5.32 Å². The molecule has 28 heavy (non-hydrogen) atoms. The number of halogens is 5. The fraction of sp³-hybridized carbons (Fsp3) is 0.250. The van der Waals surface area contributed by atoms with Gasteiger partial charge < -0.3 is 0 Å². The summed E-state index contributed by atoms with van der Waals surface area (Å²) in [6.07, 6.45) is -1.40. The molecule has 0 aliphatic heterocycles. The molecule has 0 saturated heterocycles. The molecule has 0 fully saturated rings. The van der Waals surface area contributed by atoms with Gasteiger partial charge in [0.05, 0.1) is 17.3 Å². The standard InChI is InChI=1S/C16H13Cl3F2N6O/c1-8-13(19)14(15(20)21)24-27(8)6-12(28)23-16-22-7-26(25-16)5-9-2-3-10(17)4-11(9)18/h2-4,7,15H,5-6H2,1H3,(H,23,25,28). The summed E-state index contributed by atoms with van der Waals surface area (Å²) < 4.78 is 28.3. The van der Waals surface area contributed by atoms with Crippen molar-refractivity contribution in [2.75, 3.05) is 5.32 Å². The summed E-state index contributed by atoms with van der Waals surface area (Å²) in [5.74, 6) is -0.481. The number of anilines is 1. The number of alkyl halides is 2. The van der Waals surface area contributed by atoms with E-state index in [2.05, 4.69) is 20.5 Å². The molecule has 2 heterocycles. The van der Waals surface area contributed by atoms with Crippen LogP contribution in [0.25, 0.3) is 0 Å². The molecule has 0 radical (unpaired) electrons. The first-order chi connectivity index (χ1) is 13.2. The Morgan fingerprint density at radius 2 is 2.00 bits per heavy atom. The van der Waals surface area contributed by atoms with Gasteiger partial charge in [-0.05, 0) is 24.6 Å². The topological polar surface area (TPSA) is 77.6 Å². The van der Waals surface area contributed by atoms with Crippen molar-refractivity contribution >= 4 is 46.7 Å². The molecule has 7 nitrogen and oxygen atoms in total. The maximum Gasteiger partial charge on any atom is 0.283 e. The predicted molar refractivity (Wildman–Crippen MR) is 101 cm³/mol. The minimum Gasteiger partial charge on any atom is -0.292 e. The number of carbonyl (C=O) groups excluding carboxylic acids is 1. The fourth-order valence-corrected chi connectivity index (χ4v) is 3.08. The normalized spacial score (nSPS) is 11.2. The molecule has 0 spiro atoms. The van der Waals surface area contributed by atoms with Gasteiger partial charge in [0, 0.05) is 10.0 Å². The first kappa shape index (κ1) is 20.5. The molecule has 1 aromatic carbocycles. The molecular formula is C16H13Cl3F2N6O. The van der Waals surface area contributed by atoms with Crippen LogP contribution in [-0.4, -0.2) is 30.5 Å². The Morgan fingerprint density at radius 3 is 2.64 bits per heavy atom. The zero-order valence-electron chi connectivity index (χ0n) is 14.3. The Labute approximate surface area is 173 Å². The zero-order valence-corrected chi connectivity index (χ0v) is 16.6. The number of benzene rings is 1. The summed E-state index contributed by atoms with van der Waals surface area (Å²) >= 11 is 17.8. The van der Waals surface area contributed by atoms with E-state index in [-0.39, 0.29) is 23.2 Å². The number of amides is 1. The molecule has 3 rings (SSSR count). The van der Waals surface area contributed by atoms with Gasteiger partial charge in [-0.2, -0.15) is 5.10 Å². The second kappa shape index (κ2) is 8.42. The highest BCUT2D eigenvalue weighted by Gasteiger charge is 2.21. The molecule has 3 aromatic rings. The van der Waals surface area contributed by atoms with Crippen molar-refractivity contribution < 1.29 is 13.6 Å². The molecule has 0 aliphatic rings. The van der Waals surface area contributed by atoms with Crippen LogP contribution >= 0.6 is 34.8 Å². The first-order valence-corrected chi connectivity index (χ1v) is 9.02. The Bertz CT molecular complexity index is 1020. The van der Waals surface area contributed by atoms with Crippen LogP contribution in [0.4, 0.5) is 14.7 Å². The van der Waals surface area contributed by atoms with Gasteiger partial charge in [0.1, 0.15) is 18.6 Å². The molecular weight excluding hydrogens is 437 g/mol. The molecule has 148 valence electrons. The van der Waals surface area contributed by atoms with Crippen molar-refractivity contribution in [3.05, 3.63) is 56.5 Å². The lowest BCUT2D eigenvalue weighted by Crippen LogP contribution is -2.21. The number of carbonyl (C=O) groups is 1. The van der Waals surface area contributed by atoms with E-state index in [4.69, 9.17) is 34.8 Å². The fourth-order valence-electron chi connectivity index (χ4n) is 2.39. The van der Waals surface area contributed by atoms with Crippen LogP contribution in [0, 0.1) is 6.92 Å². The average molecular weight is 450 g/mol. The molecule has 2 aromatic heterocycles. The smallest absolute Gasteiger partial charge is 0.283 e. The monoisotopic (exact) mass is 448 g/mol. The van der Waals surface area contributed by atoms with Crippen molar-refractivity contribution in [3.63, 3.8) is 0 Å². The molecule has 0 unspecified atom stereocenters. The quantitative estimate of drug-likeness (QED) is 0.606. The minimum absolute atomic E-state index is 0.0556. The molecule has 0 bridgehead atoms. The SMILES string of the molecule is Cc1c(Cl)c(C(F)F)nn1CC(=O)Nc1ncn(Cc2ccc(Cl)cc2Cl)n1. The van der Waals surface area contributed by atoms with E-state index < -0.39 is 18.0 Å². The van der Waals surface area contributed by atoms with Crippen LogP contribution in [0.5, 0.6) is 0 Å². The molecule has 0 atom stereocenters. The van der Waals surface area contributed by atoms with Gasteiger partial charge in [0.25, 0.3) is 6.43 Å². The lowest BCUT2D eigenvalue weighted by Gasteiger charge is -2.05. The van der Waals surface area contributed by atoms with Crippen molar-refractivity contribution in [3.8, 4) is 0 Å². The van der Waals surface area contributed by atoms with Gasteiger partial charge in [-0.15, -0.1) is 5.10 Å².